The van der Waals surface area contributed by atoms with Gasteiger partial charge >= 0.3 is 0 Å². The minimum atomic E-state index is -1.39. The van der Waals surface area contributed by atoms with Gasteiger partial charge in [-0.05, 0) is 13.8 Å². The number of aliphatic hydroxyl groups excluding tert-OH is 1. The average Bonchev–Trinajstić information content (AvgIpc) is 2.01. The van der Waals surface area contributed by atoms with Crippen molar-refractivity contribution in [3.63, 3.8) is 0 Å². The van der Waals surface area contributed by atoms with E-state index in [9.17, 15) is 9.90 Å². The summed E-state index contributed by atoms with van der Waals surface area (Å²) in [5.41, 5.74) is -1.39. The smallest absolute Gasteiger partial charge is 0.254 e. The van der Waals surface area contributed by atoms with Crippen molar-refractivity contribution in [3.8, 4) is 0 Å². The van der Waals surface area contributed by atoms with Gasteiger partial charge in [-0.25, -0.2) is 0 Å². The summed E-state index contributed by atoms with van der Waals surface area (Å²) in [4.78, 5) is 12.8. The summed E-state index contributed by atoms with van der Waals surface area (Å²) in [5, 5.41) is 18.1. The van der Waals surface area contributed by atoms with Crippen LogP contribution in [0.1, 0.15) is 13.8 Å². The lowest BCUT2D eigenvalue weighted by Gasteiger charge is -2.26. The summed E-state index contributed by atoms with van der Waals surface area (Å²) >= 11 is 0. The molecule has 0 fully saturated rings. The van der Waals surface area contributed by atoms with Gasteiger partial charge in [0.15, 0.2) is 0 Å². The van der Waals surface area contributed by atoms with Crippen LogP contribution in [-0.4, -0.2) is 46.3 Å². The van der Waals surface area contributed by atoms with E-state index in [4.69, 9.17) is 5.11 Å². The molecular formula is C9H17NO3. The van der Waals surface area contributed by atoms with Crippen LogP contribution < -0.4 is 0 Å². The van der Waals surface area contributed by atoms with E-state index >= 15 is 0 Å². The molecule has 0 saturated carbocycles. The number of rotatable bonds is 5. The lowest BCUT2D eigenvalue weighted by Crippen LogP contribution is -2.46. The Morgan fingerprint density at radius 2 is 2.15 bits per heavy atom. The molecule has 1 amide bonds. The Kier molecular flexibility index (Phi) is 4.66. The fraction of sp³-hybridized carbons (Fsp3) is 0.667. The predicted molar refractivity (Wildman–Crippen MR) is 50.2 cm³/mol. The molecule has 0 rings (SSSR count). The van der Waals surface area contributed by atoms with Crippen molar-refractivity contribution in [1.29, 1.82) is 0 Å². The highest BCUT2D eigenvalue weighted by atomic mass is 16.3. The second-order valence-corrected chi connectivity index (χ2v) is 3.32. The number of nitrogens with zero attached hydrogens (tertiary/aromatic N) is 1. The summed E-state index contributed by atoms with van der Waals surface area (Å²) in [6, 6.07) is 0. The molecule has 0 aliphatic heterocycles. The van der Waals surface area contributed by atoms with Crippen LogP contribution in [0.15, 0.2) is 12.7 Å². The molecule has 2 N–H and O–H groups in total. The molecule has 0 aromatic carbocycles. The van der Waals surface area contributed by atoms with Gasteiger partial charge in [0.1, 0.15) is 5.60 Å². The Balaban J connectivity index is 4.36. The lowest BCUT2D eigenvalue weighted by atomic mass is 10.1. The summed E-state index contributed by atoms with van der Waals surface area (Å²) in [5.74, 6) is -0.401. The van der Waals surface area contributed by atoms with E-state index in [0.29, 0.717) is 6.54 Å². The van der Waals surface area contributed by atoms with Crippen molar-refractivity contribution < 1.29 is 15.0 Å². The van der Waals surface area contributed by atoms with Crippen molar-refractivity contribution in [2.75, 3.05) is 19.7 Å². The van der Waals surface area contributed by atoms with Gasteiger partial charge in [0.25, 0.3) is 5.91 Å². The van der Waals surface area contributed by atoms with E-state index < -0.39 is 11.5 Å². The Morgan fingerprint density at radius 3 is 2.46 bits per heavy atom. The molecular weight excluding hydrogens is 170 g/mol. The zero-order valence-electron chi connectivity index (χ0n) is 8.16. The van der Waals surface area contributed by atoms with Gasteiger partial charge in [-0.2, -0.15) is 0 Å². The molecule has 0 unspecified atom stereocenters. The minimum Gasteiger partial charge on any atom is -0.395 e. The third-order valence-corrected chi connectivity index (χ3v) is 1.53. The fourth-order valence-corrected chi connectivity index (χ4v) is 0.939. The third kappa shape index (κ3) is 4.05. The Morgan fingerprint density at radius 1 is 1.62 bits per heavy atom. The summed E-state index contributed by atoms with van der Waals surface area (Å²) in [6.45, 7) is 6.77. The summed E-state index contributed by atoms with van der Waals surface area (Å²) < 4.78 is 0. The van der Waals surface area contributed by atoms with Crippen LogP contribution in [0.3, 0.4) is 0 Å². The molecule has 0 radical (unpaired) electrons. The van der Waals surface area contributed by atoms with Crippen LogP contribution in [-0.2, 0) is 4.79 Å². The van der Waals surface area contributed by atoms with Crippen LogP contribution in [0.5, 0.6) is 0 Å². The second kappa shape index (κ2) is 4.99. The number of hydrogen-bond donors (Lipinski definition) is 2. The van der Waals surface area contributed by atoms with Gasteiger partial charge in [-0.1, -0.05) is 6.08 Å². The Labute approximate surface area is 78.5 Å². The molecule has 4 nitrogen and oxygen atoms in total. The molecule has 0 spiro atoms. The van der Waals surface area contributed by atoms with Crippen molar-refractivity contribution in [3.05, 3.63) is 12.7 Å². The Hall–Kier alpha value is -0.870. The number of amides is 1. The van der Waals surface area contributed by atoms with Crippen molar-refractivity contribution >= 4 is 5.91 Å². The van der Waals surface area contributed by atoms with Crippen LogP contribution in [0, 0.1) is 0 Å². The topological polar surface area (TPSA) is 60.8 Å². The van der Waals surface area contributed by atoms with E-state index in [1.165, 1.54) is 18.7 Å². The predicted octanol–water partition coefficient (Wildman–Crippen LogP) is -0.236. The molecule has 13 heavy (non-hydrogen) atoms. The van der Waals surface area contributed by atoms with Crippen molar-refractivity contribution in [1.82, 2.24) is 4.90 Å². The molecule has 4 heteroatoms. The molecule has 0 aromatic rings. The fourth-order valence-electron chi connectivity index (χ4n) is 0.939. The third-order valence-electron chi connectivity index (χ3n) is 1.53. The second-order valence-electron chi connectivity index (χ2n) is 3.32. The van der Waals surface area contributed by atoms with Crippen LogP contribution in [0.2, 0.25) is 0 Å². The van der Waals surface area contributed by atoms with Gasteiger partial charge < -0.3 is 15.1 Å². The molecule has 0 aliphatic carbocycles. The SMILES string of the molecule is C=CCN(CCO)C(=O)C(C)(C)O. The highest BCUT2D eigenvalue weighted by Crippen LogP contribution is 2.06. The first-order chi connectivity index (χ1) is 5.93. The zero-order valence-corrected chi connectivity index (χ0v) is 8.16. The molecule has 0 atom stereocenters. The molecule has 0 aromatic heterocycles. The maximum Gasteiger partial charge on any atom is 0.254 e. The van der Waals surface area contributed by atoms with Gasteiger partial charge in [-0.3, -0.25) is 4.79 Å². The van der Waals surface area contributed by atoms with E-state index in [-0.39, 0.29) is 13.2 Å². The van der Waals surface area contributed by atoms with Crippen molar-refractivity contribution in [2.24, 2.45) is 0 Å². The monoisotopic (exact) mass is 187 g/mol. The molecule has 0 aliphatic rings. The highest BCUT2D eigenvalue weighted by Gasteiger charge is 2.28. The number of aliphatic hydroxyl groups is 2. The van der Waals surface area contributed by atoms with Gasteiger partial charge in [0.05, 0.1) is 6.61 Å². The largest absolute Gasteiger partial charge is 0.395 e. The number of hydrogen-bond acceptors (Lipinski definition) is 3. The van der Waals surface area contributed by atoms with Crippen LogP contribution in [0.25, 0.3) is 0 Å². The maximum absolute atomic E-state index is 11.5. The standard InChI is InChI=1S/C9H17NO3/c1-4-5-10(6-7-11)8(12)9(2,3)13/h4,11,13H,1,5-7H2,2-3H3. The minimum absolute atomic E-state index is 0.115. The molecule has 0 saturated heterocycles. The van der Waals surface area contributed by atoms with E-state index in [1.807, 2.05) is 0 Å². The van der Waals surface area contributed by atoms with E-state index in [2.05, 4.69) is 6.58 Å². The van der Waals surface area contributed by atoms with Gasteiger partial charge in [0.2, 0.25) is 0 Å². The van der Waals surface area contributed by atoms with Gasteiger partial charge in [0, 0.05) is 13.1 Å². The van der Waals surface area contributed by atoms with Crippen LogP contribution >= 0.6 is 0 Å². The first-order valence-electron chi connectivity index (χ1n) is 4.17. The number of carbonyl (C=O) groups excluding carboxylic acids is 1. The molecule has 76 valence electrons. The average molecular weight is 187 g/mol. The lowest BCUT2D eigenvalue weighted by molar-refractivity contribution is -0.147. The quantitative estimate of drug-likeness (QED) is 0.584. The van der Waals surface area contributed by atoms with Crippen LogP contribution in [0.4, 0.5) is 0 Å². The maximum atomic E-state index is 11.5. The molecule has 0 heterocycles. The summed E-state index contributed by atoms with van der Waals surface area (Å²) in [7, 11) is 0. The Bertz CT molecular complexity index is 184. The van der Waals surface area contributed by atoms with E-state index in [0.717, 1.165) is 0 Å². The highest BCUT2D eigenvalue weighted by molar-refractivity contribution is 5.84. The number of carbonyl (C=O) groups is 1. The first-order valence-corrected chi connectivity index (χ1v) is 4.17. The normalized spacial score (nSPS) is 11.1. The van der Waals surface area contributed by atoms with Gasteiger partial charge in [-0.15, -0.1) is 6.58 Å². The zero-order chi connectivity index (χ0) is 10.5. The summed E-state index contributed by atoms with van der Waals surface area (Å²) in [6.07, 6.45) is 1.55. The van der Waals surface area contributed by atoms with Crippen molar-refractivity contribution in [2.45, 2.75) is 19.4 Å². The van der Waals surface area contributed by atoms with E-state index in [1.54, 1.807) is 6.08 Å². The molecule has 0 bridgehead atoms. The first kappa shape index (κ1) is 12.1.